The minimum Gasteiger partial charge on any atom is -0.494 e. The molecule has 0 aliphatic carbocycles. The van der Waals surface area contributed by atoms with Gasteiger partial charge in [0.25, 0.3) is 5.91 Å². The van der Waals surface area contributed by atoms with E-state index in [-0.39, 0.29) is 11.8 Å². The second kappa shape index (κ2) is 12.2. The molecule has 0 fully saturated rings. The zero-order chi connectivity index (χ0) is 26.2. The Bertz CT molecular complexity index is 1360. The van der Waals surface area contributed by atoms with E-state index in [2.05, 4.69) is 24.4 Å². The number of carbonyl (C=O) groups excluding carboxylic acids is 1. The Morgan fingerprint density at radius 3 is 2.32 bits per heavy atom. The highest BCUT2D eigenvalue weighted by Gasteiger charge is 2.14. The average Bonchev–Trinajstić information content (AvgIpc) is 2.92. The van der Waals surface area contributed by atoms with E-state index in [1.807, 2.05) is 92.7 Å². The normalized spacial score (nSPS) is 12.1. The summed E-state index contributed by atoms with van der Waals surface area (Å²) in [6.07, 6.45) is 1.73. The van der Waals surface area contributed by atoms with Crippen molar-refractivity contribution in [2.24, 2.45) is 11.0 Å². The van der Waals surface area contributed by atoms with E-state index in [1.165, 1.54) is 0 Å². The van der Waals surface area contributed by atoms with E-state index in [0.29, 0.717) is 30.4 Å². The van der Waals surface area contributed by atoms with Gasteiger partial charge in [-0.3, -0.25) is 4.79 Å². The van der Waals surface area contributed by atoms with E-state index in [1.54, 1.807) is 6.21 Å². The lowest BCUT2D eigenvalue weighted by Crippen LogP contribution is -2.19. The third-order valence-electron chi connectivity index (χ3n) is 5.88. The van der Waals surface area contributed by atoms with Gasteiger partial charge < -0.3 is 9.47 Å². The molecule has 0 saturated heterocycles. The molecule has 0 aliphatic heterocycles. The Labute approximate surface area is 218 Å². The van der Waals surface area contributed by atoms with Crippen molar-refractivity contribution in [3.05, 3.63) is 90.0 Å². The quantitative estimate of drug-likeness (QED) is 0.193. The first kappa shape index (κ1) is 25.9. The van der Waals surface area contributed by atoms with Crippen LogP contribution in [0.4, 0.5) is 0 Å². The molecule has 1 aromatic heterocycles. The Kier molecular flexibility index (Phi) is 8.52. The molecular formula is C31H33N3O3. The van der Waals surface area contributed by atoms with E-state index in [0.717, 1.165) is 33.5 Å². The van der Waals surface area contributed by atoms with E-state index in [4.69, 9.17) is 14.5 Å². The molecule has 1 heterocycles. The van der Waals surface area contributed by atoms with Crippen LogP contribution in [-0.2, 0) is 0 Å². The zero-order valence-electron chi connectivity index (χ0n) is 21.8. The molecule has 4 aromatic rings. The van der Waals surface area contributed by atoms with Crippen LogP contribution in [0, 0.1) is 5.92 Å². The molecule has 0 bridgehead atoms. The van der Waals surface area contributed by atoms with Gasteiger partial charge in [-0.1, -0.05) is 51.1 Å². The highest BCUT2D eigenvalue weighted by Crippen LogP contribution is 2.26. The van der Waals surface area contributed by atoms with Crippen LogP contribution in [-0.4, -0.2) is 30.3 Å². The zero-order valence-corrected chi connectivity index (χ0v) is 21.8. The molecule has 0 saturated carbocycles. The van der Waals surface area contributed by atoms with Crippen molar-refractivity contribution < 1.29 is 14.3 Å². The van der Waals surface area contributed by atoms with Crippen molar-refractivity contribution >= 4 is 23.0 Å². The highest BCUT2D eigenvalue weighted by atomic mass is 16.5. The lowest BCUT2D eigenvalue weighted by Gasteiger charge is -2.11. The minimum atomic E-state index is -0.285. The number of ether oxygens (including phenoxy) is 2. The average molecular weight is 496 g/mol. The Hall–Kier alpha value is -4.19. The predicted molar refractivity (Wildman–Crippen MR) is 149 cm³/mol. The van der Waals surface area contributed by atoms with Crippen molar-refractivity contribution in [1.29, 1.82) is 0 Å². The number of fused-ring (bicyclic) bond motifs is 1. The number of hydrogen-bond acceptors (Lipinski definition) is 5. The van der Waals surface area contributed by atoms with Gasteiger partial charge in [0.1, 0.15) is 11.5 Å². The smallest absolute Gasteiger partial charge is 0.272 e. The maximum absolute atomic E-state index is 13.2. The monoisotopic (exact) mass is 495 g/mol. The van der Waals surface area contributed by atoms with Gasteiger partial charge >= 0.3 is 0 Å². The molecule has 1 amide bonds. The number of hydrazone groups is 1. The molecule has 1 atom stereocenters. The molecule has 1 unspecified atom stereocenters. The summed E-state index contributed by atoms with van der Waals surface area (Å²) in [5.74, 6) is 1.86. The number of amides is 1. The Morgan fingerprint density at radius 2 is 1.62 bits per heavy atom. The molecule has 6 nitrogen and oxygen atoms in total. The first-order chi connectivity index (χ1) is 17.9. The first-order valence-corrected chi connectivity index (χ1v) is 12.6. The number of hydrogen-bond donors (Lipinski definition) is 1. The van der Waals surface area contributed by atoms with Crippen LogP contribution in [0.5, 0.6) is 11.5 Å². The van der Waals surface area contributed by atoms with Gasteiger partial charge in [0, 0.05) is 23.1 Å². The molecule has 37 heavy (non-hydrogen) atoms. The predicted octanol–water partition coefficient (Wildman–Crippen LogP) is 6.85. The van der Waals surface area contributed by atoms with Gasteiger partial charge in [-0.15, -0.1) is 0 Å². The fraction of sp³-hybridized carbons (Fsp3) is 0.258. The fourth-order valence-electron chi connectivity index (χ4n) is 3.88. The SMILES string of the molecule is CCOc1ccc(-c2cc(C(=O)N/N=C/C(C)c3ccc(OCC(C)C)cc3)c3ccccc3n2)cc1. The number of aromatic nitrogens is 1. The van der Waals surface area contributed by atoms with Crippen molar-refractivity contribution in [3.8, 4) is 22.8 Å². The summed E-state index contributed by atoms with van der Waals surface area (Å²) >= 11 is 0. The second-order valence-electron chi connectivity index (χ2n) is 9.31. The summed E-state index contributed by atoms with van der Waals surface area (Å²) in [5.41, 5.74) is 6.67. The minimum absolute atomic E-state index is 0.0213. The number of rotatable bonds is 10. The molecule has 0 radical (unpaired) electrons. The van der Waals surface area contributed by atoms with Gasteiger partial charge in [-0.25, -0.2) is 10.4 Å². The Morgan fingerprint density at radius 1 is 0.946 bits per heavy atom. The van der Waals surface area contributed by atoms with Crippen LogP contribution in [0.15, 0.2) is 84.0 Å². The molecule has 0 spiro atoms. The number of nitrogens with one attached hydrogen (secondary N) is 1. The van der Waals surface area contributed by atoms with Gasteiger partial charge in [-0.05, 0) is 66.9 Å². The molecular weight excluding hydrogens is 462 g/mol. The van der Waals surface area contributed by atoms with Crippen LogP contribution in [0.3, 0.4) is 0 Å². The largest absolute Gasteiger partial charge is 0.494 e. The topological polar surface area (TPSA) is 72.8 Å². The molecule has 0 aliphatic rings. The lowest BCUT2D eigenvalue weighted by molar-refractivity contribution is 0.0956. The van der Waals surface area contributed by atoms with Crippen molar-refractivity contribution in [3.63, 3.8) is 0 Å². The van der Waals surface area contributed by atoms with Crippen LogP contribution >= 0.6 is 0 Å². The molecule has 6 heteroatoms. The van der Waals surface area contributed by atoms with Crippen molar-refractivity contribution in [2.75, 3.05) is 13.2 Å². The summed E-state index contributed by atoms with van der Waals surface area (Å²) in [6, 6.07) is 25.1. The van der Waals surface area contributed by atoms with Gasteiger partial charge in [0.15, 0.2) is 0 Å². The third kappa shape index (κ3) is 6.73. The molecule has 3 aromatic carbocycles. The molecule has 190 valence electrons. The second-order valence-corrected chi connectivity index (χ2v) is 9.31. The summed E-state index contributed by atoms with van der Waals surface area (Å²) in [4.78, 5) is 18.0. The summed E-state index contributed by atoms with van der Waals surface area (Å²) in [5, 5.41) is 5.03. The van der Waals surface area contributed by atoms with Gasteiger partial charge in [-0.2, -0.15) is 5.10 Å². The van der Waals surface area contributed by atoms with E-state index in [9.17, 15) is 4.79 Å². The first-order valence-electron chi connectivity index (χ1n) is 12.6. The summed E-state index contributed by atoms with van der Waals surface area (Å²) in [7, 11) is 0. The fourth-order valence-corrected chi connectivity index (χ4v) is 3.88. The number of benzene rings is 3. The number of para-hydroxylation sites is 1. The highest BCUT2D eigenvalue weighted by molar-refractivity contribution is 6.07. The van der Waals surface area contributed by atoms with E-state index < -0.39 is 0 Å². The lowest BCUT2D eigenvalue weighted by atomic mass is 10.0. The maximum Gasteiger partial charge on any atom is 0.272 e. The van der Waals surface area contributed by atoms with Gasteiger partial charge in [0.05, 0.1) is 30.0 Å². The van der Waals surface area contributed by atoms with Gasteiger partial charge in [0.2, 0.25) is 0 Å². The van der Waals surface area contributed by atoms with Crippen molar-refractivity contribution in [2.45, 2.75) is 33.6 Å². The van der Waals surface area contributed by atoms with Crippen molar-refractivity contribution in [1.82, 2.24) is 10.4 Å². The summed E-state index contributed by atoms with van der Waals surface area (Å²) in [6.45, 7) is 9.52. The maximum atomic E-state index is 13.2. The van der Waals surface area contributed by atoms with E-state index >= 15 is 0 Å². The van der Waals surface area contributed by atoms with Crippen LogP contribution in [0.1, 0.15) is 49.5 Å². The summed E-state index contributed by atoms with van der Waals surface area (Å²) < 4.78 is 11.3. The number of carbonyl (C=O) groups is 1. The Balaban J connectivity index is 1.49. The molecule has 1 N–H and O–H groups in total. The van der Waals surface area contributed by atoms with Crippen LogP contribution in [0.2, 0.25) is 0 Å². The third-order valence-corrected chi connectivity index (χ3v) is 5.88. The standard InChI is InChI=1S/C31H33N3O3/c1-5-36-25-16-12-24(13-17-25)30-18-28(27-8-6-7-9-29(27)33-30)31(35)34-32-19-22(4)23-10-14-26(15-11-23)37-20-21(2)3/h6-19,21-22H,5,20H2,1-4H3,(H,34,35)/b32-19+. The van der Waals surface area contributed by atoms with Crippen LogP contribution < -0.4 is 14.9 Å². The van der Waals surface area contributed by atoms with Crippen LogP contribution in [0.25, 0.3) is 22.2 Å². The number of pyridine rings is 1. The number of nitrogens with zero attached hydrogens (tertiary/aromatic N) is 2. The molecule has 4 rings (SSSR count).